The van der Waals surface area contributed by atoms with E-state index >= 15 is 0 Å². The molecular formula is C29H43ClN6O4. The maximum atomic E-state index is 13.3. The van der Waals surface area contributed by atoms with Crippen LogP contribution in [0.25, 0.3) is 0 Å². The van der Waals surface area contributed by atoms with Crippen molar-refractivity contribution in [2.24, 2.45) is 7.05 Å². The molecule has 1 unspecified atom stereocenters. The molecule has 0 spiro atoms. The number of carboxylic acid groups (broad SMARTS) is 1. The average Bonchev–Trinajstić information content (AvgIpc) is 3.65. The molecule has 0 bridgehead atoms. The molecule has 1 aliphatic carbocycles. The van der Waals surface area contributed by atoms with E-state index in [1.807, 2.05) is 13.8 Å². The number of amides is 1. The summed E-state index contributed by atoms with van der Waals surface area (Å²) < 4.78 is 7.38. The maximum absolute atomic E-state index is 13.3. The summed E-state index contributed by atoms with van der Waals surface area (Å²) in [5.41, 5.74) is 2.23. The lowest BCUT2D eigenvalue weighted by Crippen LogP contribution is -2.47. The number of aromatic nitrogens is 3. The van der Waals surface area contributed by atoms with E-state index in [2.05, 4.69) is 32.8 Å². The van der Waals surface area contributed by atoms with Crippen LogP contribution in [0.3, 0.4) is 0 Å². The molecule has 10 nitrogen and oxygen atoms in total. The number of anilines is 1. The van der Waals surface area contributed by atoms with Gasteiger partial charge in [0.1, 0.15) is 11.9 Å². The quantitative estimate of drug-likeness (QED) is 0.260. The fourth-order valence-electron chi connectivity index (χ4n) is 5.41. The van der Waals surface area contributed by atoms with Crippen LogP contribution in [0.5, 0.6) is 0 Å². The molecule has 3 N–H and O–H groups in total. The highest BCUT2D eigenvalue weighted by Crippen LogP contribution is 2.50. The molecule has 220 valence electrons. The van der Waals surface area contributed by atoms with Crippen LogP contribution in [-0.4, -0.2) is 81.6 Å². The van der Waals surface area contributed by atoms with E-state index < -0.39 is 17.4 Å². The summed E-state index contributed by atoms with van der Waals surface area (Å²) in [5, 5.41) is 20.7. The van der Waals surface area contributed by atoms with Gasteiger partial charge in [0.25, 0.3) is 0 Å². The van der Waals surface area contributed by atoms with Gasteiger partial charge in [-0.05, 0) is 83.4 Å². The molecule has 1 amide bonds. The first-order chi connectivity index (χ1) is 19.2. The molecule has 0 radical (unpaired) electrons. The van der Waals surface area contributed by atoms with Gasteiger partial charge in [0, 0.05) is 32.4 Å². The standard InChI is InChI=1S/C29H43ClN6O4/c1-20(2)40-18-17-36(15-5-4-8-22-10-9-21-7-6-14-31-26(21)33-22)16-11-24(27(37)38)34-28(39)29(12-13-29)25-23(30)19-32-35(25)3/h9-10,19-20,24H,4-8,11-18H2,1-3H3,(H,31,33)(H,34,39)(H,37,38). The van der Waals surface area contributed by atoms with Crippen molar-refractivity contribution in [2.75, 3.05) is 38.1 Å². The lowest BCUT2D eigenvalue weighted by molar-refractivity contribution is -0.142. The van der Waals surface area contributed by atoms with Gasteiger partial charge in [-0.2, -0.15) is 5.10 Å². The zero-order valence-electron chi connectivity index (χ0n) is 23.9. The van der Waals surface area contributed by atoms with Gasteiger partial charge in [-0.25, -0.2) is 9.78 Å². The van der Waals surface area contributed by atoms with Crippen molar-refractivity contribution in [1.29, 1.82) is 0 Å². The number of halogens is 1. The number of aliphatic carboxylic acids is 1. The third-order valence-corrected chi connectivity index (χ3v) is 8.11. The number of unbranched alkanes of at least 4 members (excludes halogenated alkanes) is 1. The molecular weight excluding hydrogens is 532 g/mol. The second-order valence-corrected chi connectivity index (χ2v) is 11.7. The van der Waals surface area contributed by atoms with Crippen LogP contribution in [0.4, 0.5) is 5.82 Å². The van der Waals surface area contributed by atoms with Gasteiger partial charge in [-0.1, -0.05) is 17.7 Å². The van der Waals surface area contributed by atoms with Crippen LogP contribution >= 0.6 is 11.6 Å². The number of nitrogens with one attached hydrogen (secondary N) is 2. The second-order valence-electron chi connectivity index (χ2n) is 11.3. The predicted molar refractivity (Wildman–Crippen MR) is 155 cm³/mol. The minimum absolute atomic E-state index is 0.130. The largest absolute Gasteiger partial charge is 0.480 e. The van der Waals surface area contributed by atoms with Crippen molar-refractivity contribution >= 4 is 29.3 Å². The molecule has 0 aromatic carbocycles. The zero-order valence-corrected chi connectivity index (χ0v) is 24.7. The number of aryl methyl sites for hydroxylation is 3. The molecule has 2 aromatic heterocycles. The van der Waals surface area contributed by atoms with Crippen molar-refractivity contribution in [1.82, 2.24) is 25.0 Å². The van der Waals surface area contributed by atoms with Crippen molar-refractivity contribution in [3.05, 3.63) is 40.3 Å². The Morgan fingerprint density at radius 2 is 2.05 bits per heavy atom. The van der Waals surface area contributed by atoms with E-state index in [0.29, 0.717) is 49.7 Å². The lowest BCUT2D eigenvalue weighted by atomic mass is 10.00. The van der Waals surface area contributed by atoms with Gasteiger partial charge in [-0.3, -0.25) is 9.48 Å². The average molecular weight is 575 g/mol. The van der Waals surface area contributed by atoms with E-state index in [-0.39, 0.29) is 12.0 Å². The maximum Gasteiger partial charge on any atom is 0.326 e. The molecule has 1 fully saturated rings. The molecule has 1 atom stereocenters. The highest BCUT2D eigenvalue weighted by Gasteiger charge is 2.55. The summed E-state index contributed by atoms with van der Waals surface area (Å²) in [6, 6.07) is 3.33. The molecule has 2 aliphatic rings. The van der Waals surface area contributed by atoms with Crippen molar-refractivity contribution in [3.8, 4) is 0 Å². The van der Waals surface area contributed by atoms with Gasteiger partial charge in [0.15, 0.2) is 0 Å². The SMILES string of the molecule is CC(C)OCCN(CCCCc1ccc2c(n1)NCCC2)CCC(NC(=O)C1(c2c(Cl)cnn2C)CC1)C(=O)O. The Balaban J connectivity index is 1.30. The van der Waals surface area contributed by atoms with Gasteiger partial charge in [0.2, 0.25) is 5.91 Å². The number of fused-ring (bicyclic) bond motifs is 1. The molecule has 2 aromatic rings. The van der Waals surface area contributed by atoms with Crippen molar-refractivity contribution in [2.45, 2.75) is 82.8 Å². The van der Waals surface area contributed by atoms with Gasteiger partial charge in [0.05, 0.1) is 35.0 Å². The minimum atomic E-state index is -1.04. The number of rotatable bonds is 16. The Kier molecular flexibility index (Phi) is 10.4. The Hall–Kier alpha value is -2.69. The second kappa shape index (κ2) is 13.8. The summed E-state index contributed by atoms with van der Waals surface area (Å²) in [6.07, 6.45) is 8.28. The Morgan fingerprint density at radius 3 is 2.73 bits per heavy atom. The lowest BCUT2D eigenvalue weighted by Gasteiger charge is -2.26. The summed E-state index contributed by atoms with van der Waals surface area (Å²) >= 11 is 6.31. The van der Waals surface area contributed by atoms with Crippen LogP contribution in [0.15, 0.2) is 18.3 Å². The van der Waals surface area contributed by atoms with Crippen LogP contribution in [0.2, 0.25) is 5.02 Å². The van der Waals surface area contributed by atoms with Crippen molar-refractivity contribution in [3.63, 3.8) is 0 Å². The number of hydrogen-bond donors (Lipinski definition) is 3. The first-order valence-electron chi connectivity index (χ1n) is 14.5. The summed E-state index contributed by atoms with van der Waals surface area (Å²) in [4.78, 5) is 32.4. The Morgan fingerprint density at radius 1 is 1.25 bits per heavy atom. The third-order valence-electron chi connectivity index (χ3n) is 7.84. The van der Waals surface area contributed by atoms with E-state index in [0.717, 1.165) is 56.7 Å². The molecule has 40 heavy (non-hydrogen) atoms. The third kappa shape index (κ3) is 7.73. The van der Waals surface area contributed by atoms with Crippen LogP contribution in [0, 0.1) is 0 Å². The number of carboxylic acids is 1. The number of ether oxygens (including phenoxy) is 1. The predicted octanol–water partition coefficient (Wildman–Crippen LogP) is 3.57. The fraction of sp³-hybridized carbons (Fsp3) is 0.655. The first kappa shape index (κ1) is 30.3. The summed E-state index contributed by atoms with van der Waals surface area (Å²) in [5.74, 6) is -0.311. The topological polar surface area (TPSA) is 122 Å². The first-order valence-corrected chi connectivity index (χ1v) is 14.9. The molecule has 1 aliphatic heterocycles. The molecule has 0 saturated heterocycles. The number of hydrogen-bond acceptors (Lipinski definition) is 7. The van der Waals surface area contributed by atoms with Crippen LogP contribution in [-0.2, 0) is 39.6 Å². The van der Waals surface area contributed by atoms with E-state index in [4.69, 9.17) is 21.3 Å². The summed E-state index contributed by atoms with van der Waals surface area (Å²) in [7, 11) is 1.75. The number of carbonyl (C=O) groups is 2. The molecule has 4 rings (SSSR count). The van der Waals surface area contributed by atoms with Gasteiger partial charge >= 0.3 is 5.97 Å². The molecule has 11 heteroatoms. The highest BCUT2D eigenvalue weighted by atomic mass is 35.5. The normalized spacial score (nSPS) is 16.4. The van der Waals surface area contributed by atoms with E-state index in [1.54, 1.807) is 11.7 Å². The monoisotopic (exact) mass is 574 g/mol. The number of carbonyl (C=O) groups excluding carboxylic acids is 1. The van der Waals surface area contributed by atoms with Crippen molar-refractivity contribution < 1.29 is 19.4 Å². The Bertz CT molecular complexity index is 1150. The van der Waals surface area contributed by atoms with Gasteiger partial charge in [-0.15, -0.1) is 0 Å². The van der Waals surface area contributed by atoms with Gasteiger partial charge < -0.3 is 25.4 Å². The Labute approximate surface area is 241 Å². The number of pyridine rings is 1. The smallest absolute Gasteiger partial charge is 0.326 e. The minimum Gasteiger partial charge on any atom is -0.480 e. The number of nitrogens with zero attached hydrogens (tertiary/aromatic N) is 4. The van der Waals surface area contributed by atoms with E-state index in [9.17, 15) is 14.7 Å². The zero-order chi connectivity index (χ0) is 28.7. The van der Waals surface area contributed by atoms with Crippen LogP contribution < -0.4 is 10.6 Å². The van der Waals surface area contributed by atoms with Crippen LogP contribution in [0.1, 0.15) is 69.3 Å². The molecule has 3 heterocycles. The highest BCUT2D eigenvalue weighted by molar-refractivity contribution is 6.31. The van der Waals surface area contributed by atoms with E-state index in [1.165, 1.54) is 11.8 Å². The summed E-state index contributed by atoms with van der Waals surface area (Å²) in [6.45, 7) is 7.62. The fourth-order valence-corrected chi connectivity index (χ4v) is 5.76. The molecule has 1 saturated carbocycles.